The maximum absolute atomic E-state index is 13.5. The first-order valence-electron chi connectivity index (χ1n) is 4.83. The predicted octanol–water partition coefficient (Wildman–Crippen LogP) is 3.09. The Morgan fingerprint density at radius 2 is 1.82 bits per heavy atom. The van der Waals surface area contributed by atoms with E-state index in [4.69, 9.17) is 11.6 Å². The molecular formula is C12H8ClF2NO. The molecule has 0 saturated heterocycles. The van der Waals surface area contributed by atoms with Crippen molar-refractivity contribution in [1.82, 2.24) is 4.98 Å². The van der Waals surface area contributed by atoms with Gasteiger partial charge in [-0.2, -0.15) is 4.39 Å². The summed E-state index contributed by atoms with van der Waals surface area (Å²) in [7, 11) is 0. The Kier molecular flexibility index (Phi) is 3.36. The molecule has 2 aromatic rings. The molecule has 1 aromatic heterocycles. The van der Waals surface area contributed by atoms with Crippen LogP contribution in [0.5, 0.6) is 0 Å². The standard InChI is InChI=1S/C12H8ClF2NO/c13-8-6-16-12(15)10(14)9(8)11(17)7-4-2-1-3-5-7/h1-6,11,17H. The molecule has 1 unspecified atom stereocenters. The average molecular weight is 256 g/mol. The second kappa shape index (κ2) is 4.77. The molecule has 0 spiro atoms. The average Bonchev–Trinajstić information content (AvgIpc) is 2.35. The zero-order chi connectivity index (χ0) is 12.4. The summed E-state index contributed by atoms with van der Waals surface area (Å²) in [6.07, 6.45) is -0.345. The van der Waals surface area contributed by atoms with E-state index in [2.05, 4.69) is 4.98 Å². The second-order valence-electron chi connectivity index (χ2n) is 3.44. The first kappa shape index (κ1) is 12.0. The van der Waals surface area contributed by atoms with Gasteiger partial charge in [0.25, 0.3) is 0 Å². The number of halogens is 3. The number of aromatic nitrogens is 1. The monoisotopic (exact) mass is 255 g/mol. The van der Waals surface area contributed by atoms with Gasteiger partial charge in [0, 0.05) is 11.8 Å². The van der Waals surface area contributed by atoms with Gasteiger partial charge >= 0.3 is 0 Å². The van der Waals surface area contributed by atoms with Crippen molar-refractivity contribution >= 4 is 11.6 Å². The van der Waals surface area contributed by atoms with Crippen LogP contribution in [0.3, 0.4) is 0 Å². The van der Waals surface area contributed by atoms with Crippen LogP contribution in [0.4, 0.5) is 8.78 Å². The van der Waals surface area contributed by atoms with Crippen LogP contribution >= 0.6 is 11.6 Å². The molecule has 0 aliphatic rings. The van der Waals surface area contributed by atoms with Gasteiger partial charge in [0.1, 0.15) is 6.10 Å². The fraction of sp³-hybridized carbons (Fsp3) is 0.0833. The van der Waals surface area contributed by atoms with Crippen molar-refractivity contribution in [2.45, 2.75) is 6.10 Å². The minimum absolute atomic E-state index is 0.111. The predicted molar refractivity (Wildman–Crippen MR) is 59.7 cm³/mol. The third-order valence-electron chi connectivity index (χ3n) is 2.35. The van der Waals surface area contributed by atoms with Gasteiger partial charge in [-0.1, -0.05) is 41.9 Å². The Bertz CT molecular complexity index is 534. The molecule has 17 heavy (non-hydrogen) atoms. The number of hydrogen-bond acceptors (Lipinski definition) is 2. The van der Waals surface area contributed by atoms with E-state index in [1.165, 1.54) is 0 Å². The van der Waals surface area contributed by atoms with E-state index < -0.39 is 17.9 Å². The maximum atomic E-state index is 13.5. The summed E-state index contributed by atoms with van der Waals surface area (Å²) >= 11 is 5.72. The van der Waals surface area contributed by atoms with Gasteiger partial charge in [0.05, 0.1) is 5.02 Å². The number of benzene rings is 1. The highest BCUT2D eigenvalue weighted by molar-refractivity contribution is 6.31. The van der Waals surface area contributed by atoms with Gasteiger partial charge in [0.2, 0.25) is 5.95 Å². The van der Waals surface area contributed by atoms with Gasteiger partial charge in [-0.15, -0.1) is 0 Å². The lowest BCUT2D eigenvalue weighted by Crippen LogP contribution is -2.06. The Morgan fingerprint density at radius 3 is 2.47 bits per heavy atom. The molecule has 1 atom stereocenters. The van der Waals surface area contributed by atoms with Crippen LogP contribution in [-0.2, 0) is 0 Å². The maximum Gasteiger partial charge on any atom is 0.249 e. The van der Waals surface area contributed by atoms with Gasteiger partial charge in [0.15, 0.2) is 5.82 Å². The number of aliphatic hydroxyl groups excluding tert-OH is 1. The number of hydrogen-bond donors (Lipinski definition) is 1. The summed E-state index contributed by atoms with van der Waals surface area (Å²) in [5.74, 6) is -2.51. The molecule has 0 amide bonds. The fourth-order valence-corrected chi connectivity index (χ4v) is 1.74. The van der Waals surface area contributed by atoms with Gasteiger partial charge in [-0.25, -0.2) is 9.37 Å². The van der Waals surface area contributed by atoms with Crippen LogP contribution in [0, 0.1) is 11.8 Å². The number of rotatable bonds is 2. The van der Waals surface area contributed by atoms with Crippen molar-refractivity contribution in [2.75, 3.05) is 0 Å². The molecule has 0 bridgehead atoms. The first-order chi connectivity index (χ1) is 8.11. The molecule has 5 heteroatoms. The van der Waals surface area contributed by atoms with Gasteiger partial charge < -0.3 is 5.11 Å². The summed E-state index contributed by atoms with van der Waals surface area (Å²) in [5, 5.41) is 9.85. The van der Waals surface area contributed by atoms with E-state index in [-0.39, 0.29) is 10.6 Å². The summed E-state index contributed by atoms with van der Waals surface area (Å²) in [6.45, 7) is 0. The molecule has 2 nitrogen and oxygen atoms in total. The van der Waals surface area contributed by atoms with Crippen molar-refractivity contribution in [3.63, 3.8) is 0 Å². The van der Waals surface area contributed by atoms with E-state index in [9.17, 15) is 13.9 Å². The summed E-state index contributed by atoms with van der Waals surface area (Å²) in [6, 6.07) is 8.31. The van der Waals surface area contributed by atoms with E-state index in [1.807, 2.05) is 0 Å². The molecule has 0 fully saturated rings. The van der Waals surface area contributed by atoms with Crippen LogP contribution < -0.4 is 0 Å². The smallest absolute Gasteiger partial charge is 0.249 e. The summed E-state index contributed by atoms with van der Waals surface area (Å²) < 4.78 is 26.5. The van der Waals surface area contributed by atoms with Crippen LogP contribution in [-0.4, -0.2) is 10.1 Å². The molecular weight excluding hydrogens is 248 g/mol. The fourth-order valence-electron chi connectivity index (χ4n) is 1.51. The zero-order valence-corrected chi connectivity index (χ0v) is 9.33. The van der Waals surface area contributed by atoms with Crippen molar-refractivity contribution in [3.05, 3.63) is 64.4 Å². The lowest BCUT2D eigenvalue weighted by atomic mass is 10.0. The van der Waals surface area contributed by atoms with Crippen LogP contribution in [0.15, 0.2) is 36.5 Å². The molecule has 0 radical (unpaired) electrons. The van der Waals surface area contributed by atoms with Crippen LogP contribution in [0.2, 0.25) is 5.02 Å². The van der Waals surface area contributed by atoms with Crippen molar-refractivity contribution in [1.29, 1.82) is 0 Å². The molecule has 88 valence electrons. The van der Waals surface area contributed by atoms with Crippen molar-refractivity contribution < 1.29 is 13.9 Å². The Morgan fingerprint density at radius 1 is 1.18 bits per heavy atom. The number of pyridine rings is 1. The first-order valence-corrected chi connectivity index (χ1v) is 5.21. The zero-order valence-electron chi connectivity index (χ0n) is 8.57. The summed E-state index contributed by atoms with van der Waals surface area (Å²) in [5.41, 5.74) is 0.129. The Balaban J connectivity index is 2.51. The third-order valence-corrected chi connectivity index (χ3v) is 2.66. The molecule has 1 heterocycles. The molecule has 2 rings (SSSR count). The number of aliphatic hydroxyl groups is 1. The Hall–Kier alpha value is -1.52. The largest absolute Gasteiger partial charge is 0.383 e. The third kappa shape index (κ3) is 2.28. The molecule has 1 aromatic carbocycles. The normalized spacial score (nSPS) is 12.5. The van der Waals surface area contributed by atoms with E-state index in [0.29, 0.717) is 5.56 Å². The summed E-state index contributed by atoms with van der Waals surface area (Å²) in [4.78, 5) is 3.13. The Labute approximate surface area is 102 Å². The van der Waals surface area contributed by atoms with E-state index in [1.54, 1.807) is 30.3 Å². The van der Waals surface area contributed by atoms with Crippen molar-refractivity contribution in [3.8, 4) is 0 Å². The topological polar surface area (TPSA) is 33.1 Å². The highest BCUT2D eigenvalue weighted by Crippen LogP contribution is 2.30. The second-order valence-corrected chi connectivity index (χ2v) is 3.85. The van der Waals surface area contributed by atoms with Crippen molar-refractivity contribution in [2.24, 2.45) is 0 Å². The highest BCUT2D eigenvalue weighted by atomic mass is 35.5. The lowest BCUT2D eigenvalue weighted by Gasteiger charge is -2.13. The molecule has 1 N–H and O–H groups in total. The van der Waals surface area contributed by atoms with Gasteiger partial charge in [-0.3, -0.25) is 0 Å². The van der Waals surface area contributed by atoms with E-state index in [0.717, 1.165) is 6.20 Å². The van der Waals surface area contributed by atoms with Crippen LogP contribution in [0.1, 0.15) is 17.2 Å². The minimum Gasteiger partial charge on any atom is -0.383 e. The van der Waals surface area contributed by atoms with E-state index >= 15 is 0 Å². The van der Waals surface area contributed by atoms with Gasteiger partial charge in [-0.05, 0) is 5.56 Å². The quantitative estimate of drug-likeness (QED) is 0.837. The molecule has 0 aliphatic heterocycles. The molecule has 0 aliphatic carbocycles. The van der Waals surface area contributed by atoms with Crippen LogP contribution in [0.25, 0.3) is 0 Å². The highest BCUT2D eigenvalue weighted by Gasteiger charge is 2.22. The number of nitrogens with zero attached hydrogens (tertiary/aromatic N) is 1. The minimum atomic E-state index is -1.32. The SMILES string of the molecule is OC(c1ccccc1)c1c(Cl)cnc(F)c1F. The molecule has 0 saturated carbocycles. The lowest BCUT2D eigenvalue weighted by molar-refractivity contribution is 0.213.